The highest BCUT2D eigenvalue weighted by Crippen LogP contribution is 2.20. The summed E-state index contributed by atoms with van der Waals surface area (Å²) in [6.45, 7) is 4.46. The summed E-state index contributed by atoms with van der Waals surface area (Å²) >= 11 is 0. The topological polar surface area (TPSA) is 35.2 Å². The number of ether oxygens (including phenoxy) is 1. The van der Waals surface area contributed by atoms with Gasteiger partial charge in [-0.3, -0.25) is 0 Å². The molecule has 0 heterocycles. The van der Waals surface area contributed by atoms with Crippen molar-refractivity contribution in [2.24, 2.45) is 5.73 Å². The van der Waals surface area contributed by atoms with E-state index in [-0.39, 0.29) is 11.9 Å². The van der Waals surface area contributed by atoms with Crippen molar-refractivity contribution < 1.29 is 9.13 Å². The summed E-state index contributed by atoms with van der Waals surface area (Å²) in [6, 6.07) is 5.02. The van der Waals surface area contributed by atoms with Crippen LogP contribution in [0.3, 0.4) is 0 Å². The van der Waals surface area contributed by atoms with Gasteiger partial charge in [0.05, 0.1) is 6.10 Å². The molecule has 1 unspecified atom stereocenters. The van der Waals surface area contributed by atoms with Crippen LogP contribution in [0.15, 0.2) is 18.2 Å². The van der Waals surface area contributed by atoms with Gasteiger partial charge in [0.15, 0.2) is 11.6 Å². The van der Waals surface area contributed by atoms with E-state index in [9.17, 15) is 4.39 Å². The molecule has 0 amide bonds. The molecular formula is C12H18FNO. The summed E-state index contributed by atoms with van der Waals surface area (Å²) < 4.78 is 18.9. The fourth-order valence-corrected chi connectivity index (χ4v) is 1.26. The Bertz CT molecular complexity index is 314. The van der Waals surface area contributed by atoms with Crippen LogP contribution < -0.4 is 10.5 Å². The minimum atomic E-state index is -0.304. The molecule has 0 aromatic heterocycles. The molecule has 15 heavy (non-hydrogen) atoms. The summed E-state index contributed by atoms with van der Waals surface area (Å²) in [4.78, 5) is 0. The average molecular weight is 211 g/mol. The molecule has 2 nitrogen and oxygen atoms in total. The number of benzene rings is 1. The normalized spacial score (nSPS) is 12.5. The first-order valence-corrected chi connectivity index (χ1v) is 5.32. The molecule has 1 rings (SSSR count). The summed E-state index contributed by atoms with van der Waals surface area (Å²) in [7, 11) is 0. The summed E-state index contributed by atoms with van der Waals surface area (Å²) in [5.74, 6) is 0.0198. The van der Waals surface area contributed by atoms with Crippen LogP contribution in [-0.2, 0) is 6.42 Å². The third kappa shape index (κ3) is 3.51. The molecular weight excluding hydrogens is 193 g/mol. The Morgan fingerprint density at radius 2 is 2.20 bits per heavy atom. The van der Waals surface area contributed by atoms with Gasteiger partial charge in [0.25, 0.3) is 0 Å². The summed E-state index contributed by atoms with van der Waals surface area (Å²) in [5, 5.41) is 0. The second-order valence-corrected chi connectivity index (χ2v) is 3.64. The molecule has 0 fully saturated rings. The van der Waals surface area contributed by atoms with Crippen molar-refractivity contribution in [3.05, 3.63) is 29.6 Å². The lowest BCUT2D eigenvalue weighted by atomic mass is 10.1. The van der Waals surface area contributed by atoms with Crippen LogP contribution in [0.25, 0.3) is 0 Å². The van der Waals surface area contributed by atoms with Crippen LogP contribution in [0.1, 0.15) is 25.8 Å². The maximum Gasteiger partial charge on any atom is 0.165 e. The average Bonchev–Trinajstić information content (AvgIpc) is 2.22. The second kappa shape index (κ2) is 5.71. The van der Waals surface area contributed by atoms with Gasteiger partial charge >= 0.3 is 0 Å². The molecule has 1 atom stereocenters. The zero-order valence-electron chi connectivity index (χ0n) is 9.29. The van der Waals surface area contributed by atoms with Crippen molar-refractivity contribution in [1.82, 2.24) is 0 Å². The van der Waals surface area contributed by atoms with Crippen molar-refractivity contribution in [3.63, 3.8) is 0 Å². The smallest absolute Gasteiger partial charge is 0.165 e. The Labute approximate surface area is 90.2 Å². The Kier molecular flexibility index (Phi) is 4.56. The molecule has 0 saturated carbocycles. The molecule has 84 valence electrons. The van der Waals surface area contributed by atoms with E-state index in [1.807, 2.05) is 19.9 Å². The Morgan fingerprint density at radius 1 is 1.47 bits per heavy atom. The van der Waals surface area contributed by atoms with Gasteiger partial charge in [0, 0.05) is 0 Å². The maximum absolute atomic E-state index is 13.5. The van der Waals surface area contributed by atoms with Crippen molar-refractivity contribution >= 4 is 0 Å². The van der Waals surface area contributed by atoms with E-state index in [0.29, 0.717) is 18.7 Å². The fourth-order valence-electron chi connectivity index (χ4n) is 1.26. The van der Waals surface area contributed by atoms with Gasteiger partial charge in [0.1, 0.15) is 0 Å². The van der Waals surface area contributed by atoms with Gasteiger partial charge in [-0.2, -0.15) is 0 Å². The standard InChI is InChI=1S/C12H18FNO/c1-3-9(2)15-12-5-4-10(6-7-14)8-11(12)13/h4-5,8-9H,3,6-7,14H2,1-2H3. The van der Waals surface area contributed by atoms with Gasteiger partial charge in [-0.15, -0.1) is 0 Å². The second-order valence-electron chi connectivity index (χ2n) is 3.64. The quantitative estimate of drug-likeness (QED) is 0.812. The van der Waals surface area contributed by atoms with Gasteiger partial charge in [-0.25, -0.2) is 4.39 Å². The molecule has 1 aromatic rings. The van der Waals surface area contributed by atoms with E-state index >= 15 is 0 Å². The number of rotatable bonds is 5. The first-order valence-electron chi connectivity index (χ1n) is 5.32. The molecule has 1 aromatic carbocycles. The molecule has 0 aliphatic carbocycles. The number of nitrogens with two attached hydrogens (primary N) is 1. The molecule has 0 bridgehead atoms. The van der Waals surface area contributed by atoms with E-state index < -0.39 is 0 Å². The Morgan fingerprint density at radius 3 is 2.73 bits per heavy atom. The lowest BCUT2D eigenvalue weighted by molar-refractivity contribution is 0.207. The minimum absolute atomic E-state index is 0.0415. The predicted octanol–water partition coefficient (Wildman–Crippen LogP) is 2.50. The zero-order valence-corrected chi connectivity index (χ0v) is 9.29. The van der Waals surface area contributed by atoms with Crippen LogP contribution >= 0.6 is 0 Å². The van der Waals surface area contributed by atoms with E-state index in [2.05, 4.69) is 0 Å². The highest BCUT2D eigenvalue weighted by atomic mass is 19.1. The first kappa shape index (κ1) is 12.0. The summed E-state index contributed by atoms with van der Waals surface area (Å²) in [6.07, 6.45) is 1.60. The Balaban J connectivity index is 2.74. The van der Waals surface area contributed by atoms with Crippen LogP contribution in [-0.4, -0.2) is 12.6 Å². The maximum atomic E-state index is 13.5. The molecule has 2 N–H and O–H groups in total. The molecule has 0 saturated heterocycles. The van der Waals surface area contributed by atoms with Crippen LogP contribution in [0.4, 0.5) is 4.39 Å². The van der Waals surface area contributed by atoms with Gasteiger partial charge in [-0.1, -0.05) is 13.0 Å². The van der Waals surface area contributed by atoms with E-state index in [4.69, 9.17) is 10.5 Å². The van der Waals surface area contributed by atoms with Gasteiger partial charge in [0.2, 0.25) is 0 Å². The van der Waals surface area contributed by atoms with E-state index in [1.165, 1.54) is 6.07 Å². The molecule has 0 aliphatic heterocycles. The lowest BCUT2D eigenvalue weighted by Gasteiger charge is -2.13. The summed E-state index contributed by atoms with van der Waals surface area (Å²) in [5.41, 5.74) is 6.31. The number of hydrogen-bond acceptors (Lipinski definition) is 2. The largest absolute Gasteiger partial charge is 0.488 e. The highest BCUT2D eigenvalue weighted by Gasteiger charge is 2.07. The monoisotopic (exact) mass is 211 g/mol. The molecule has 0 radical (unpaired) electrons. The SMILES string of the molecule is CCC(C)Oc1ccc(CCN)cc1F. The third-order valence-corrected chi connectivity index (χ3v) is 2.33. The molecule has 3 heteroatoms. The van der Waals surface area contributed by atoms with Crippen molar-refractivity contribution in [1.29, 1.82) is 0 Å². The molecule has 0 aliphatic rings. The van der Waals surface area contributed by atoms with Crippen LogP contribution in [0.2, 0.25) is 0 Å². The van der Waals surface area contributed by atoms with Crippen LogP contribution in [0.5, 0.6) is 5.75 Å². The van der Waals surface area contributed by atoms with Gasteiger partial charge in [-0.05, 0) is 44.0 Å². The molecule has 0 spiro atoms. The lowest BCUT2D eigenvalue weighted by Crippen LogP contribution is -2.11. The third-order valence-electron chi connectivity index (χ3n) is 2.33. The van der Waals surface area contributed by atoms with E-state index in [0.717, 1.165) is 12.0 Å². The zero-order chi connectivity index (χ0) is 11.3. The van der Waals surface area contributed by atoms with Crippen molar-refractivity contribution in [2.45, 2.75) is 32.8 Å². The van der Waals surface area contributed by atoms with Crippen molar-refractivity contribution in [2.75, 3.05) is 6.54 Å². The van der Waals surface area contributed by atoms with Crippen molar-refractivity contribution in [3.8, 4) is 5.75 Å². The Hall–Kier alpha value is -1.09. The van der Waals surface area contributed by atoms with Gasteiger partial charge < -0.3 is 10.5 Å². The number of hydrogen-bond donors (Lipinski definition) is 1. The predicted molar refractivity (Wildman–Crippen MR) is 59.5 cm³/mol. The minimum Gasteiger partial charge on any atom is -0.488 e. The first-order chi connectivity index (χ1) is 7.17. The van der Waals surface area contributed by atoms with Crippen LogP contribution in [0, 0.1) is 5.82 Å². The van der Waals surface area contributed by atoms with E-state index in [1.54, 1.807) is 6.07 Å². The number of halogens is 1. The highest BCUT2D eigenvalue weighted by molar-refractivity contribution is 5.29. The fraction of sp³-hybridized carbons (Fsp3) is 0.500.